The summed E-state index contributed by atoms with van der Waals surface area (Å²) in [5.74, 6) is 0. The lowest BCUT2D eigenvalue weighted by Gasteiger charge is -2.32. The van der Waals surface area contributed by atoms with Crippen LogP contribution in [0.3, 0.4) is 0 Å². The summed E-state index contributed by atoms with van der Waals surface area (Å²) in [5.41, 5.74) is 19.4. The molecule has 13 aromatic rings. The lowest BCUT2D eigenvalue weighted by Crippen LogP contribution is -2.26. The molecule has 0 bridgehead atoms. The lowest BCUT2D eigenvalue weighted by atomic mass is 9.70. The zero-order valence-corrected chi connectivity index (χ0v) is 37.6. The molecule has 0 unspecified atom stereocenters. The molecule has 0 saturated heterocycles. The van der Waals surface area contributed by atoms with E-state index in [1.807, 2.05) is 0 Å². The standard InChI is InChI=1S/C67H42N2/c1-2-17-45(18-3-1)69-63-31-15-11-25-55(63)58-41-44(35-40-64(58)69)43-33-36-46(37-34-43)68(65-32-16-27-57-50-20-5-4-19-48(50)49-21-6-7-26-56(49)66(57)65)47-38-39-54-53-24-10-14-30-61(53)67(62(54)42-47)59-28-12-8-22-51(59)52-23-9-13-29-60(52)67/h1-42H. The van der Waals surface area contributed by atoms with Crippen molar-refractivity contribution in [2.24, 2.45) is 0 Å². The van der Waals surface area contributed by atoms with Gasteiger partial charge in [0.05, 0.1) is 22.1 Å². The molecule has 1 aromatic heterocycles. The van der Waals surface area contributed by atoms with Gasteiger partial charge in [0, 0.05) is 33.2 Å². The van der Waals surface area contributed by atoms with Crippen LogP contribution in [0.4, 0.5) is 17.1 Å². The van der Waals surface area contributed by atoms with E-state index in [-0.39, 0.29) is 0 Å². The summed E-state index contributed by atoms with van der Waals surface area (Å²) in [6, 6.07) is 94.9. The van der Waals surface area contributed by atoms with Gasteiger partial charge in [0.1, 0.15) is 0 Å². The lowest BCUT2D eigenvalue weighted by molar-refractivity contribution is 0.793. The van der Waals surface area contributed by atoms with Gasteiger partial charge < -0.3 is 9.47 Å². The highest BCUT2D eigenvalue weighted by Gasteiger charge is 2.51. The van der Waals surface area contributed by atoms with Crippen molar-refractivity contribution in [1.29, 1.82) is 0 Å². The Morgan fingerprint density at radius 1 is 0.290 bits per heavy atom. The predicted octanol–water partition coefficient (Wildman–Crippen LogP) is 17.7. The number of hydrogen-bond donors (Lipinski definition) is 0. The second-order valence-corrected chi connectivity index (χ2v) is 18.7. The van der Waals surface area contributed by atoms with Crippen LogP contribution in [0.15, 0.2) is 255 Å². The van der Waals surface area contributed by atoms with Gasteiger partial charge in [-0.2, -0.15) is 0 Å². The predicted molar refractivity (Wildman–Crippen MR) is 290 cm³/mol. The van der Waals surface area contributed by atoms with Gasteiger partial charge in [-0.1, -0.05) is 194 Å². The fourth-order valence-electron chi connectivity index (χ4n) is 12.6. The number of anilines is 3. The molecule has 15 rings (SSSR count). The third-order valence-corrected chi connectivity index (χ3v) is 15.4. The van der Waals surface area contributed by atoms with E-state index in [0.717, 1.165) is 22.7 Å². The fraction of sp³-hybridized carbons (Fsp3) is 0.0149. The van der Waals surface area contributed by atoms with Crippen molar-refractivity contribution in [3.8, 4) is 39.1 Å². The van der Waals surface area contributed by atoms with Crippen LogP contribution in [0, 0.1) is 0 Å². The molecule has 0 amide bonds. The van der Waals surface area contributed by atoms with Gasteiger partial charge in [0.15, 0.2) is 0 Å². The smallest absolute Gasteiger partial charge is 0.0726 e. The maximum absolute atomic E-state index is 2.52. The average molecular weight is 875 g/mol. The summed E-state index contributed by atoms with van der Waals surface area (Å²) < 4.78 is 2.38. The van der Waals surface area contributed by atoms with Gasteiger partial charge >= 0.3 is 0 Å². The molecule has 12 aromatic carbocycles. The third kappa shape index (κ3) is 5.26. The first-order chi connectivity index (χ1) is 34.3. The molecule has 0 atom stereocenters. The van der Waals surface area contributed by atoms with E-state index in [0.29, 0.717) is 0 Å². The minimum absolute atomic E-state index is 0.464. The third-order valence-electron chi connectivity index (χ3n) is 15.4. The zero-order chi connectivity index (χ0) is 45.2. The normalized spacial score (nSPS) is 13.0. The second kappa shape index (κ2) is 14.5. The van der Waals surface area contributed by atoms with E-state index < -0.39 is 5.41 Å². The Kier molecular flexibility index (Phi) is 8.02. The Morgan fingerprint density at radius 2 is 0.768 bits per heavy atom. The number of fused-ring (bicyclic) bond motifs is 19. The van der Waals surface area contributed by atoms with Gasteiger partial charge in [-0.15, -0.1) is 0 Å². The maximum Gasteiger partial charge on any atom is 0.0726 e. The van der Waals surface area contributed by atoms with Crippen LogP contribution >= 0.6 is 0 Å². The first-order valence-electron chi connectivity index (χ1n) is 24.0. The second-order valence-electron chi connectivity index (χ2n) is 18.7. The summed E-state index contributed by atoms with van der Waals surface area (Å²) in [7, 11) is 0. The molecule has 0 radical (unpaired) electrons. The summed E-state index contributed by atoms with van der Waals surface area (Å²) >= 11 is 0. The Labute approximate surface area is 400 Å². The van der Waals surface area contributed by atoms with E-state index in [9.17, 15) is 0 Å². The molecule has 1 spiro atoms. The Morgan fingerprint density at radius 3 is 1.42 bits per heavy atom. The number of rotatable bonds is 5. The van der Waals surface area contributed by atoms with Crippen molar-refractivity contribution in [3.05, 3.63) is 277 Å². The number of hydrogen-bond acceptors (Lipinski definition) is 1. The zero-order valence-electron chi connectivity index (χ0n) is 37.6. The number of para-hydroxylation sites is 2. The summed E-state index contributed by atoms with van der Waals surface area (Å²) in [5, 5.41) is 10.0. The van der Waals surface area contributed by atoms with Crippen LogP contribution in [0.5, 0.6) is 0 Å². The van der Waals surface area contributed by atoms with E-state index in [1.165, 1.54) is 110 Å². The van der Waals surface area contributed by atoms with Gasteiger partial charge in [0.2, 0.25) is 0 Å². The monoisotopic (exact) mass is 874 g/mol. The molecule has 320 valence electrons. The van der Waals surface area contributed by atoms with Gasteiger partial charge in [0.25, 0.3) is 0 Å². The molecule has 0 saturated carbocycles. The SMILES string of the molecule is c1ccc(-n2c3ccccc3c3cc(-c4ccc(N(c5ccc6c(c5)C5(c7ccccc7-c7ccccc75)c5ccccc5-6)c5cccc6c7ccccc7c7ccccc7c56)cc4)ccc32)cc1. The van der Waals surface area contributed by atoms with Crippen molar-refractivity contribution < 1.29 is 0 Å². The Hall–Kier alpha value is -8.98. The van der Waals surface area contributed by atoms with Crippen molar-refractivity contribution in [1.82, 2.24) is 4.57 Å². The van der Waals surface area contributed by atoms with Gasteiger partial charge in [-0.25, -0.2) is 0 Å². The van der Waals surface area contributed by atoms with Gasteiger partial charge in [-0.3, -0.25) is 0 Å². The molecule has 2 heteroatoms. The quantitative estimate of drug-likeness (QED) is 0.156. The molecule has 1 heterocycles. The number of benzene rings is 12. The molecule has 69 heavy (non-hydrogen) atoms. The number of aromatic nitrogens is 1. The maximum atomic E-state index is 2.52. The largest absolute Gasteiger partial charge is 0.310 e. The first-order valence-corrected chi connectivity index (χ1v) is 24.0. The minimum Gasteiger partial charge on any atom is -0.310 e. The van der Waals surface area contributed by atoms with E-state index in [4.69, 9.17) is 0 Å². The highest BCUT2D eigenvalue weighted by molar-refractivity contribution is 6.29. The Balaban J connectivity index is 0.966. The fourth-order valence-corrected chi connectivity index (χ4v) is 12.6. The van der Waals surface area contributed by atoms with E-state index in [1.54, 1.807) is 0 Å². The highest BCUT2D eigenvalue weighted by atomic mass is 15.1. The molecule has 0 aliphatic heterocycles. The van der Waals surface area contributed by atoms with Crippen LogP contribution in [0.25, 0.3) is 93.2 Å². The van der Waals surface area contributed by atoms with Crippen molar-refractivity contribution in [3.63, 3.8) is 0 Å². The topological polar surface area (TPSA) is 8.17 Å². The van der Waals surface area contributed by atoms with Crippen LogP contribution in [-0.2, 0) is 5.41 Å². The molecule has 0 N–H and O–H groups in total. The summed E-state index contributed by atoms with van der Waals surface area (Å²) in [4.78, 5) is 2.52. The van der Waals surface area contributed by atoms with Crippen molar-refractivity contribution in [2.75, 3.05) is 4.90 Å². The molecule has 2 nitrogen and oxygen atoms in total. The van der Waals surface area contributed by atoms with Crippen molar-refractivity contribution in [2.45, 2.75) is 5.41 Å². The molecular formula is C67H42N2. The molecule has 0 fully saturated rings. The molecule has 2 aliphatic rings. The van der Waals surface area contributed by atoms with E-state index in [2.05, 4.69) is 264 Å². The van der Waals surface area contributed by atoms with Crippen LogP contribution in [-0.4, -0.2) is 4.57 Å². The Bertz CT molecular complexity index is 4140. The average Bonchev–Trinajstić information content (AvgIpc) is 4.03. The summed E-state index contributed by atoms with van der Waals surface area (Å²) in [6.45, 7) is 0. The first kappa shape index (κ1) is 38.2. The molecular weight excluding hydrogens is 833 g/mol. The summed E-state index contributed by atoms with van der Waals surface area (Å²) in [6.07, 6.45) is 0. The van der Waals surface area contributed by atoms with Gasteiger partial charge in [-0.05, 0) is 143 Å². The van der Waals surface area contributed by atoms with E-state index >= 15 is 0 Å². The van der Waals surface area contributed by atoms with Crippen LogP contribution in [0.2, 0.25) is 0 Å². The molecule has 2 aliphatic carbocycles. The number of nitrogens with zero attached hydrogens (tertiary/aromatic N) is 2. The highest BCUT2D eigenvalue weighted by Crippen LogP contribution is 2.63. The minimum atomic E-state index is -0.464. The van der Waals surface area contributed by atoms with Crippen LogP contribution < -0.4 is 4.90 Å². The van der Waals surface area contributed by atoms with Crippen molar-refractivity contribution >= 4 is 71.2 Å². The van der Waals surface area contributed by atoms with Crippen LogP contribution in [0.1, 0.15) is 22.3 Å².